The third-order valence-corrected chi connectivity index (χ3v) is 4.96. The molecule has 1 atom stereocenters. The van der Waals surface area contributed by atoms with Crippen LogP contribution < -0.4 is 0 Å². The number of rotatable bonds is 3. The normalized spacial score (nSPS) is 20.8. The highest BCUT2D eigenvalue weighted by atomic mass is 79.9. The Morgan fingerprint density at radius 3 is 3.05 bits per heavy atom. The summed E-state index contributed by atoms with van der Waals surface area (Å²) in [7, 11) is 0. The fourth-order valence-electron chi connectivity index (χ4n) is 2.14. The van der Waals surface area contributed by atoms with Crippen molar-refractivity contribution in [2.24, 2.45) is 0 Å². The molecule has 1 aliphatic rings. The lowest BCUT2D eigenvalue weighted by molar-refractivity contribution is -0.0226. The van der Waals surface area contributed by atoms with Crippen LogP contribution >= 0.6 is 27.3 Å². The van der Waals surface area contributed by atoms with Crippen LogP contribution in [0.25, 0.3) is 0 Å². The summed E-state index contributed by atoms with van der Waals surface area (Å²) in [4.78, 5) is 2.32. The largest absolute Gasteiger partial charge is 0.424 e. The maximum atomic E-state index is 5.55. The van der Waals surface area contributed by atoms with Gasteiger partial charge in [-0.1, -0.05) is 0 Å². The number of nitrogens with zero attached hydrogens (tertiary/aromatic N) is 3. The van der Waals surface area contributed by atoms with E-state index in [0.717, 1.165) is 24.2 Å². The van der Waals surface area contributed by atoms with Gasteiger partial charge in [0.05, 0.1) is 13.2 Å². The second kappa shape index (κ2) is 5.70. The van der Waals surface area contributed by atoms with Crippen LogP contribution in [0.5, 0.6) is 0 Å². The van der Waals surface area contributed by atoms with Gasteiger partial charge in [0.1, 0.15) is 6.04 Å². The van der Waals surface area contributed by atoms with Crippen LogP contribution in [0.2, 0.25) is 0 Å². The minimum atomic E-state index is 0.0433. The molecule has 1 saturated heterocycles. The van der Waals surface area contributed by atoms with Gasteiger partial charge in [0.2, 0.25) is 11.8 Å². The molecule has 0 amide bonds. The molecule has 1 aliphatic heterocycles. The summed E-state index contributed by atoms with van der Waals surface area (Å²) in [6.45, 7) is 4.88. The number of aromatic nitrogens is 2. The van der Waals surface area contributed by atoms with Crippen molar-refractivity contribution in [2.45, 2.75) is 19.5 Å². The minimum Gasteiger partial charge on any atom is -0.424 e. The Bertz CT molecular complexity index is 557. The monoisotopic (exact) mass is 343 g/mol. The first-order valence-corrected chi connectivity index (χ1v) is 7.80. The Hall–Kier alpha value is -0.760. The summed E-state index contributed by atoms with van der Waals surface area (Å²) in [5.74, 6) is 1.24. The summed E-state index contributed by atoms with van der Waals surface area (Å²) < 4.78 is 12.3. The second-order valence-electron chi connectivity index (χ2n) is 4.47. The Morgan fingerprint density at radius 2 is 2.37 bits per heavy atom. The number of hydrogen-bond acceptors (Lipinski definition) is 6. The van der Waals surface area contributed by atoms with Crippen LogP contribution in [0.15, 0.2) is 19.6 Å². The van der Waals surface area contributed by atoms with E-state index in [-0.39, 0.29) is 6.04 Å². The van der Waals surface area contributed by atoms with Crippen molar-refractivity contribution in [3.63, 3.8) is 0 Å². The van der Waals surface area contributed by atoms with Crippen molar-refractivity contribution in [3.05, 3.63) is 32.6 Å². The molecule has 2 aromatic rings. The number of thiophene rings is 1. The van der Waals surface area contributed by atoms with E-state index in [1.54, 1.807) is 18.3 Å². The predicted molar refractivity (Wildman–Crippen MR) is 75.0 cm³/mol. The molecule has 3 heterocycles. The van der Waals surface area contributed by atoms with Crippen LogP contribution in [-0.4, -0.2) is 34.9 Å². The SMILES string of the molecule is Cc1nnc([C@H]2COCCN2Cc2cscc2Br)o1. The van der Waals surface area contributed by atoms with Crippen LogP contribution in [-0.2, 0) is 11.3 Å². The molecule has 0 unspecified atom stereocenters. The maximum absolute atomic E-state index is 5.55. The van der Waals surface area contributed by atoms with Crippen molar-refractivity contribution in [1.29, 1.82) is 0 Å². The third-order valence-electron chi connectivity index (χ3n) is 3.13. The molecule has 0 spiro atoms. The highest BCUT2D eigenvalue weighted by Crippen LogP contribution is 2.28. The first-order chi connectivity index (χ1) is 9.24. The minimum absolute atomic E-state index is 0.0433. The Labute approximate surface area is 123 Å². The van der Waals surface area contributed by atoms with Crippen molar-refractivity contribution >= 4 is 27.3 Å². The molecule has 19 heavy (non-hydrogen) atoms. The zero-order valence-electron chi connectivity index (χ0n) is 10.5. The number of ether oxygens (including phenoxy) is 1. The van der Waals surface area contributed by atoms with Gasteiger partial charge in [0.15, 0.2) is 0 Å². The lowest BCUT2D eigenvalue weighted by atomic mass is 10.2. The molecule has 5 nitrogen and oxygen atoms in total. The molecule has 0 aliphatic carbocycles. The molecular weight excluding hydrogens is 330 g/mol. The van der Waals surface area contributed by atoms with Crippen molar-refractivity contribution < 1.29 is 9.15 Å². The van der Waals surface area contributed by atoms with Gasteiger partial charge in [-0.15, -0.1) is 10.2 Å². The van der Waals surface area contributed by atoms with Crippen molar-refractivity contribution in [2.75, 3.05) is 19.8 Å². The van der Waals surface area contributed by atoms with Gasteiger partial charge in [-0.25, -0.2) is 0 Å². The molecule has 1 fully saturated rings. The molecule has 2 aromatic heterocycles. The van der Waals surface area contributed by atoms with E-state index in [2.05, 4.69) is 41.8 Å². The molecule has 102 valence electrons. The van der Waals surface area contributed by atoms with Gasteiger partial charge < -0.3 is 9.15 Å². The van der Waals surface area contributed by atoms with Gasteiger partial charge >= 0.3 is 0 Å². The van der Waals surface area contributed by atoms with E-state index in [1.807, 2.05) is 0 Å². The topological polar surface area (TPSA) is 51.4 Å². The molecule has 0 radical (unpaired) electrons. The maximum Gasteiger partial charge on any atom is 0.235 e. The second-order valence-corrected chi connectivity index (χ2v) is 6.06. The number of morpholine rings is 1. The van der Waals surface area contributed by atoms with E-state index in [4.69, 9.17) is 9.15 Å². The molecule has 0 N–H and O–H groups in total. The van der Waals surface area contributed by atoms with Gasteiger partial charge in [-0.05, 0) is 26.9 Å². The van der Waals surface area contributed by atoms with Crippen LogP contribution in [0.1, 0.15) is 23.4 Å². The van der Waals surface area contributed by atoms with Gasteiger partial charge in [-0.3, -0.25) is 4.90 Å². The van der Waals surface area contributed by atoms with Gasteiger partial charge in [0.25, 0.3) is 0 Å². The highest BCUT2D eigenvalue weighted by molar-refractivity contribution is 9.10. The Balaban J connectivity index is 1.79. The van der Waals surface area contributed by atoms with E-state index >= 15 is 0 Å². The summed E-state index contributed by atoms with van der Waals surface area (Å²) in [6, 6.07) is 0.0433. The standard InChI is InChI=1S/C12H14BrN3O2S/c1-8-14-15-12(18-8)11-5-17-3-2-16(11)4-9-6-19-7-10(9)13/h6-7,11H,2-5H2,1H3/t11-/m1/s1. The lowest BCUT2D eigenvalue weighted by Gasteiger charge is -2.33. The average Bonchev–Trinajstić information content (AvgIpc) is 3.00. The van der Waals surface area contributed by atoms with E-state index in [1.165, 1.54) is 5.56 Å². The molecular formula is C12H14BrN3O2S. The zero-order valence-corrected chi connectivity index (χ0v) is 12.9. The molecule has 0 saturated carbocycles. The number of aryl methyl sites for hydroxylation is 1. The predicted octanol–water partition coefficient (Wildman–Crippen LogP) is 2.78. The van der Waals surface area contributed by atoms with E-state index in [9.17, 15) is 0 Å². The zero-order chi connectivity index (χ0) is 13.2. The first-order valence-electron chi connectivity index (χ1n) is 6.06. The fraction of sp³-hybridized carbons (Fsp3) is 0.500. The quantitative estimate of drug-likeness (QED) is 0.857. The lowest BCUT2D eigenvalue weighted by Crippen LogP contribution is -2.39. The van der Waals surface area contributed by atoms with Crippen molar-refractivity contribution in [1.82, 2.24) is 15.1 Å². The summed E-state index contributed by atoms with van der Waals surface area (Å²) in [5.41, 5.74) is 1.29. The summed E-state index contributed by atoms with van der Waals surface area (Å²) >= 11 is 5.27. The van der Waals surface area contributed by atoms with E-state index in [0.29, 0.717) is 18.4 Å². The van der Waals surface area contributed by atoms with E-state index < -0.39 is 0 Å². The van der Waals surface area contributed by atoms with Crippen LogP contribution in [0.4, 0.5) is 0 Å². The fourth-order valence-corrected chi connectivity index (χ4v) is 3.56. The van der Waals surface area contributed by atoms with Gasteiger partial charge in [0, 0.05) is 29.9 Å². The molecule has 3 rings (SSSR count). The summed E-state index contributed by atoms with van der Waals surface area (Å²) in [6.07, 6.45) is 0. The Kier molecular flexibility index (Phi) is 3.97. The smallest absolute Gasteiger partial charge is 0.235 e. The number of halogens is 1. The number of hydrogen-bond donors (Lipinski definition) is 0. The highest BCUT2D eigenvalue weighted by Gasteiger charge is 2.29. The van der Waals surface area contributed by atoms with Crippen LogP contribution in [0.3, 0.4) is 0 Å². The third kappa shape index (κ3) is 2.89. The Morgan fingerprint density at radius 1 is 1.47 bits per heavy atom. The first kappa shape index (κ1) is 13.2. The molecule has 0 aromatic carbocycles. The average molecular weight is 344 g/mol. The molecule has 0 bridgehead atoms. The van der Waals surface area contributed by atoms with Crippen LogP contribution in [0, 0.1) is 6.92 Å². The van der Waals surface area contributed by atoms with Gasteiger partial charge in [-0.2, -0.15) is 11.3 Å². The van der Waals surface area contributed by atoms with Crippen molar-refractivity contribution in [3.8, 4) is 0 Å². The molecule has 7 heteroatoms. The summed E-state index contributed by atoms with van der Waals surface area (Å²) in [5, 5.41) is 12.3.